The second-order valence-electron chi connectivity index (χ2n) is 3.78. The molecule has 0 amide bonds. The number of halogens is 4. The molecule has 0 aromatic heterocycles. The van der Waals surface area contributed by atoms with Crippen molar-refractivity contribution in [3.05, 3.63) is 57.5 Å². The molecule has 2 aromatic carbocycles. The van der Waals surface area contributed by atoms with E-state index in [1.165, 1.54) is 24.3 Å². The van der Waals surface area contributed by atoms with Gasteiger partial charge in [0.15, 0.2) is 11.6 Å². The van der Waals surface area contributed by atoms with E-state index >= 15 is 0 Å². The summed E-state index contributed by atoms with van der Waals surface area (Å²) in [5, 5.41) is 0.334. The van der Waals surface area contributed by atoms with Crippen molar-refractivity contribution in [1.29, 1.82) is 0 Å². The minimum absolute atomic E-state index is 0.127. The van der Waals surface area contributed by atoms with Gasteiger partial charge in [-0.1, -0.05) is 17.7 Å². The first kappa shape index (κ1) is 15.2. The van der Waals surface area contributed by atoms with Crippen LogP contribution in [0.1, 0.15) is 0 Å². The van der Waals surface area contributed by atoms with Gasteiger partial charge in [-0.3, -0.25) is 4.72 Å². The van der Waals surface area contributed by atoms with E-state index in [9.17, 15) is 17.2 Å². The number of nitrogens with one attached hydrogen (secondary N) is 1. The molecule has 106 valence electrons. The lowest BCUT2D eigenvalue weighted by molar-refractivity contribution is 0.511. The number of hydrogen-bond acceptors (Lipinski definition) is 2. The molecule has 3 nitrogen and oxygen atoms in total. The first-order valence-corrected chi connectivity index (χ1v) is 7.88. The molecule has 0 saturated heterocycles. The lowest BCUT2D eigenvalue weighted by Gasteiger charge is -2.09. The van der Waals surface area contributed by atoms with Gasteiger partial charge in [0.05, 0.1) is 15.6 Å². The van der Waals surface area contributed by atoms with Gasteiger partial charge in [0, 0.05) is 4.47 Å². The Labute approximate surface area is 127 Å². The Balaban J connectivity index is 2.41. The summed E-state index contributed by atoms with van der Waals surface area (Å²) in [5.74, 6) is -2.40. The third-order valence-corrected chi connectivity index (χ3v) is 4.97. The zero-order valence-corrected chi connectivity index (χ0v) is 12.9. The van der Waals surface area contributed by atoms with Gasteiger partial charge in [-0.2, -0.15) is 0 Å². The van der Waals surface area contributed by atoms with Crippen LogP contribution in [0.3, 0.4) is 0 Å². The van der Waals surface area contributed by atoms with Crippen LogP contribution in [0.15, 0.2) is 45.8 Å². The monoisotopic (exact) mass is 381 g/mol. The van der Waals surface area contributed by atoms with Crippen LogP contribution in [0.25, 0.3) is 0 Å². The van der Waals surface area contributed by atoms with E-state index in [1.54, 1.807) is 0 Å². The van der Waals surface area contributed by atoms with Crippen molar-refractivity contribution >= 4 is 43.2 Å². The molecular weight excluding hydrogens is 376 g/mol. The first-order chi connectivity index (χ1) is 9.31. The van der Waals surface area contributed by atoms with Crippen LogP contribution in [0, 0.1) is 11.6 Å². The Morgan fingerprint density at radius 3 is 2.50 bits per heavy atom. The van der Waals surface area contributed by atoms with Gasteiger partial charge in [-0.15, -0.1) is 0 Å². The summed E-state index contributed by atoms with van der Waals surface area (Å²) in [5.41, 5.74) is -0.462. The van der Waals surface area contributed by atoms with E-state index in [1.807, 2.05) is 4.72 Å². The quantitative estimate of drug-likeness (QED) is 0.865. The second-order valence-corrected chi connectivity index (χ2v) is 6.73. The Morgan fingerprint density at radius 2 is 1.85 bits per heavy atom. The molecule has 0 spiro atoms. The summed E-state index contributed by atoms with van der Waals surface area (Å²) in [6, 6.07) is 7.12. The molecule has 0 radical (unpaired) electrons. The van der Waals surface area contributed by atoms with E-state index in [-0.39, 0.29) is 4.90 Å². The summed E-state index contributed by atoms with van der Waals surface area (Å²) in [6.45, 7) is 0. The molecule has 0 heterocycles. The molecular formula is C12H7BrClF2NO2S. The van der Waals surface area contributed by atoms with Gasteiger partial charge in [0.25, 0.3) is 10.0 Å². The van der Waals surface area contributed by atoms with E-state index in [0.717, 1.165) is 12.1 Å². The Bertz CT molecular complexity index is 768. The summed E-state index contributed by atoms with van der Waals surface area (Å²) in [6.07, 6.45) is 0. The van der Waals surface area contributed by atoms with Crippen LogP contribution in [0.5, 0.6) is 0 Å². The molecule has 1 N–H and O–H groups in total. The molecule has 0 saturated carbocycles. The van der Waals surface area contributed by atoms with Crippen LogP contribution in [0.2, 0.25) is 5.02 Å². The summed E-state index contributed by atoms with van der Waals surface area (Å²) in [7, 11) is -4.04. The molecule has 0 aliphatic rings. The topological polar surface area (TPSA) is 46.2 Å². The molecule has 2 rings (SSSR count). The fourth-order valence-electron chi connectivity index (χ4n) is 1.43. The minimum atomic E-state index is -4.04. The molecule has 2 aromatic rings. The molecule has 0 bridgehead atoms. The standard InChI is InChI=1S/C12H7BrClF2NO2S/c13-8-6-7(4-5-9(8)14)20(18,19)17-11-3-1-2-10(15)12(11)16/h1-6,17H. The normalized spacial score (nSPS) is 11.4. The van der Waals surface area contributed by atoms with E-state index in [2.05, 4.69) is 15.9 Å². The molecule has 20 heavy (non-hydrogen) atoms. The number of benzene rings is 2. The maximum Gasteiger partial charge on any atom is 0.262 e. The van der Waals surface area contributed by atoms with Crippen molar-refractivity contribution in [2.24, 2.45) is 0 Å². The number of sulfonamides is 1. The third-order valence-electron chi connectivity index (χ3n) is 2.40. The highest BCUT2D eigenvalue weighted by atomic mass is 79.9. The average Bonchev–Trinajstić information content (AvgIpc) is 2.38. The molecule has 8 heteroatoms. The summed E-state index contributed by atoms with van der Waals surface area (Å²) < 4.78 is 53.0. The zero-order valence-electron chi connectivity index (χ0n) is 9.70. The van der Waals surface area contributed by atoms with Gasteiger partial charge in [-0.05, 0) is 46.3 Å². The maximum atomic E-state index is 13.5. The molecule has 0 fully saturated rings. The highest BCUT2D eigenvalue weighted by molar-refractivity contribution is 9.10. The largest absolute Gasteiger partial charge is 0.277 e. The van der Waals surface area contributed by atoms with Crippen molar-refractivity contribution in [3.63, 3.8) is 0 Å². The minimum Gasteiger partial charge on any atom is -0.277 e. The number of hydrogen-bond donors (Lipinski definition) is 1. The van der Waals surface area contributed by atoms with Gasteiger partial charge in [0.2, 0.25) is 0 Å². The Kier molecular flexibility index (Phi) is 4.31. The average molecular weight is 383 g/mol. The van der Waals surface area contributed by atoms with Crippen molar-refractivity contribution in [2.75, 3.05) is 4.72 Å². The molecule has 0 aliphatic heterocycles. The number of anilines is 1. The smallest absolute Gasteiger partial charge is 0.262 e. The van der Waals surface area contributed by atoms with Crippen LogP contribution in [0.4, 0.5) is 14.5 Å². The Morgan fingerprint density at radius 1 is 1.15 bits per heavy atom. The van der Waals surface area contributed by atoms with Crippen LogP contribution in [-0.2, 0) is 10.0 Å². The third kappa shape index (κ3) is 3.11. The Hall–Kier alpha value is -1.18. The van der Waals surface area contributed by atoms with Crippen molar-refractivity contribution in [3.8, 4) is 0 Å². The van der Waals surface area contributed by atoms with E-state index in [0.29, 0.717) is 9.50 Å². The molecule has 0 atom stereocenters. The van der Waals surface area contributed by atoms with Crippen molar-refractivity contribution in [1.82, 2.24) is 0 Å². The van der Waals surface area contributed by atoms with Gasteiger partial charge in [0.1, 0.15) is 0 Å². The highest BCUT2D eigenvalue weighted by Crippen LogP contribution is 2.27. The fourth-order valence-corrected chi connectivity index (χ4v) is 3.16. The summed E-state index contributed by atoms with van der Waals surface area (Å²) in [4.78, 5) is -0.127. The van der Waals surface area contributed by atoms with Crippen LogP contribution < -0.4 is 4.72 Å². The molecule has 0 aliphatic carbocycles. The second kappa shape index (κ2) is 5.67. The van der Waals surface area contributed by atoms with Crippen LogP contribution in [-0.4, -0.2) is 8.42 Å². The maximum absolute atomic E-state index is 13.5. The van der Waals surface area contributed by atoms with Crippen molar-refractivity contribution in [2.45, 2.75) is 4.90 Å². The zero-order chi connectivity index (χ0) is 14.9. The van der Waals surface area contributed by atoms with E-state index in [4.69, 9.17) is 11.6 Å². The SMILES string of the molecule is O=S(=O)(Nc1cccc(F)c1F)c1ccc(Cl)c(Br)c1. The number of rotatable bonds is 3. The predicted octanol–water partition coefficient (Wildman–Crippen LogP) is 4.18. The highest BCUT2D eigenvalue weighted by Gasteiger charge is 2.18. The van der Waals surface area contributed by atoms with Crippen molar-refractivity contribution < 1.29 is 17.2 Å². The van der Waals surface area contributed by atoms with Crippen LogP contribution >= 0.6 is 27.5 Å². The predicted molar refractivity (Wildman–Crippen MR) is 76.3 cm³/mol. The molecule has 0 unspecified atom stereocenters. The van der Waals surface area contributed by atoms with E-state index < -0.39 is 27.3 Å². The van der Waals surface area contributed by atoms with Gasteiger partial charge in [-0.25, -0.2) is 17.2 Å². The summed E-state index contributed by atoms with van der Waals surface area (Å²) >= 11 is 8.86. The first-order valence-electron chi connectivity index (χ1n) is 5.23. The lowest BCUT2D eigenvalue weighted by atomic mass is 10.3. The van der Waals surface area contributed by atoms with Gasteiger partial charge < -0.3 is 0 Å². The lowest BCUT2D eigenvalue weighted by Crippen LogP contribution is -2.14. The van der Waals surface area contributed by atoms with Gasteiger partial charge >= 0.3 is 0 Å². The fraction of sp³-hybridized carbons (Fsp3) is 0.